The summed E-state index contributed by atoms with van der Waals surface area (Å²) in [5.74, 6) is 0.941. The third-order valence-electron chi connectivity index (χ3n) is 3.26. The zero-order chi connectivity index (χ0) is 14.1. The fourth-order valence-electron chi connectivity index (χ4n) is 2.34. The lowest BCUT2D eigenvalue weighted by Crippen LogP contribution is -2.06. The molecule has 0 aliphatic rings. The Bertz CT molecular complexity index is 719. The predicted octanol–water partition coefficient (Wildman–Crippen LogP) is 5.40. The quantitative estimate of drug-likeness (QED) is 0.563. The van der Waals surface area contributed by atoms with Crippen LogP contribution >= 0.6 is 38.9 Å². The minimum Gasteiger partial charge on any atom is -0.326 e. The van der Waals surface area contributed by atoms with Gasteiger partial charge in [-0.05, 0) is 43.0 Å². The molecule has 0 saturated carbocycles. The van der Waals surface area contributed by atoms with Crippen LogP contribution < -0.4 is 0 Å². The molecule has 2 nitrogen and oxygen atoms in total. The van der Waals surface area contributed by atoms with E-state index in [0.717, 1.165) is 34.3 Å². The number of thiophene rings is 1. The highest BCUT2D eigenvalue weighted by molar-refractivity contribution is 9.10. The van der Waals surface area contributed by atoms with Gasteiger partial charge in [0.15, 0.2) is 0 Å². The Kier molecular flexibility index (Phi) is 4.15. The summed E-state index contributed by atoms with van der Waals surface area (Å²) in [4.78, 5) is 6.06. The Morgan fingerprint density at radius 1 is 1.40 bits per heavy atom. The molecule has 1 unspecified atom stereocenters. The molecule has 5 heteroatoms. The lowest BCUT2D eigenvalue weighted by Gasteiger charge is -2.09. The highest BCUT2D eigenvalue weighted by Gasteiger charge is 2.15. The molecule has 0 N–H and O–H groups in total. The van der Waals surface area contributed by atoms with Crippen molar-refractivity contribution >= 4 is 49.9 Å². The molecule has 2 heterocycles. The number of benzene rings is 1. The number of nitrogens with zero attached hydrogens (tertiary/aromatic N) is 2. The van der Waals surface area contributed by atoms with Crippen LogP contribution in [-0.4, -0.2) is 9.55 Å². The minimum absolute atomic E-state index is 0.0930. The average Bonchev–Trinajstić information content (AvgIpc) is 3.02. The van der Waals surface area contributed by atoms with E-state index in [2.05, 4.69) is 49.1 Å². The minimum atomic E-state index is -0.0930. The predicted molar refractivity (Wildman–Crippen MR) is 89.7 cm³/mol. The number of halogens is 2. The molecule has 0 radical (unpaired) electrons. The molecule has 2 aromatic heterocycles. The summed E-state index contributed by atoms with van der Waals surface area (Å²) in [5.41, 5.74) is 2.14. The Hall–Kier alpha value is -0.840. The third kappa shape index (κ3) is 2.78. The van der Waals surface area contributed by atoms with Crippen molar-refractivity contribution in [2.75, 3.05) is 0 Å². The highest BCUT2D eigenvalue weighted by Crippen LogP contribution is 2.27. The van der Waals surface area contributed by atoms with E-state index < -0.39 is 0 Å². The summed E-state index contributed by atoms with van der Waals surface area (Å²) in [7, 11) is 0. The van der Waals surface area contributed by atoms with Crippen LogP contribution in [-0.2, 0) is 13.0 Å². The number of imidazole rings is 1. The standard InChI is InChI=1S/C15H14BrClN2S/c1-10(17)15-18-13-9-11(16)4-5-14(13)19(15)7-6-12-3-2-8-20-12/h2-5,8-10H,6-7H2,1H3. The highest BCUT2D eigenvalue weighted by atomic mass is 79.9. The Balaban J connectivity index is 2.00. The second kappa shape index (κ2) is 5.88. The molecule has 20 heavy (non-hydrogen) atoms. The molecule has 104 valence electrons. The summed E-state index contributed by atoms with van der Waals surface area (Å²) >= 11 is 11.6. The first kappa shape index (κ1) is 14.1. The van der Waals surface area contributed by atoms with E-state index in [1.165, 1.54) is 4.88 Å². The molecule has 0 spiro atoms. The van der Waals surface area contributed by atoms with E-state index in [0.29, 0.717) is 0 Å². The molecule has 0 amide bonds. The maximum absolute atomic E-state index is 6.29. The van der Waals surface area contributed by atoms with E-state index in [4.69, 9.17) is 11.6 Å². The number of rotatable bonds is 4. The molecule has 0 aliphatic heterocycles. The van der Waals surface area contributed by atoms with Crippen LogP contribution in [0.5, 0.6) is 0 Å². The van der Waals surface area contributed by atoms with E-state index in [1.807, 2.05) is 19.1 Å². The van der Waals surface area contributed by atoms with Crippen molar-refractivity contribution in [2.24, 2.45) is 0 Å². The van der Waals surface area contributed by atoms with Crippen molar-refractivity contribution in [1.82, 2.24) is 9.55 Å². The van der Waals surface area contributed by atoms with Gasteiger partial charge in [-0.3, -0.25) is 0 Å². The van der Waals surface area contributed by atoms with Crippen molar-refractivity contribution in [2.45, 2.75) is 25.3 Å². The Morgan fingerprint density at radius 3 is 2.95 bits per heavy atom. The van der Waals surface area contributed by atoms with Crippen LogP contribution in [0.25, 0.3) is 11.0 Å². The first-order valence-electron chi connectivity index (χ1n) is 6.47. The first-order valence-corrected chi connectivity index (χ1v) is 8.58. The molecule has 3 aromatic rings. The van der Waals surface area contributed by atoms with Gasteiger partial charge in [0.1, 0.15) is 5.82 Å². The van der Waals surface area contributed by atoms with Gasteiger partial charge >= 0.3 is 0 Å². The molecule has 1 atom stereocenters. The lowest BCUT2D eigenvalue weighted by molar-refractivity contribution is 0.672. The Labute approximate surface area is 135 Å². The van der Waals surface area contributed by atoms with Crippen molar-refractivity contribution in [3.63, 3.8) is 0 Å². The lowest BCUT2D eigenvalue weighted by atomic mass is 10.3. The average molecular weight is 370 g/mol. The van der Waals surface area contributed by atoms with Gasteiger partial charge in [0.25, 0.3) is 0 Å². The first-order chi connectivity index (χ1) is 9.65. The normalized spacial score (nSPS) is 12.9. The largest absolute Gasteiger partial charge is 0.326 e. The van der Waals surface area contributed by atoms with Gasteiger partial charge in [0.05, 0.1) is 16.4 Å². The smallest absolute Gasteiger partial charge is 0.127 e. The maximum atomic E-state index is 6.29. The SMILES string of the molecule is CC(Cl)c1nc2cc(Br)ccc2n1CCc1cccs1. The van der Waals surface area contributed by atoms with Gasteiger partial charge < -0.3 is 4.57 Å². The van der Waals surface area contributed by atoms with Crippen LogP contribution in [0.3, 0.4) is 0 Å². The van der Waals surface area contributed by atoms with Gasteiger partial charge in [-0.1, -0.05) is 22.0 Å². The third-order valence-corrected chi connectivity index (χ3v) is 4.88. The molecule has 0 bridgehead atoms. The van der Waals surface area contributed by atoms with Crippen molar-refractivity contribution < 1.29 is 0 Å². The zero-order valence-electron chi connectivity index (χ0n) is 11.0. The molecule has 0 aliphatic carbocycles. The van der Waals surface area contributed by atoms with Crippen LogP contribution in [0.1, 0.15) is 23.0 Å². The van der Waals surface area contributed by atoms with E-state index >= 15 is 0 Å². The number of hydrogen-bond acceptors (Lipinski definition) is 2. The van der Waals surface area contributed by atoms with Crippen LogP contribution in [0, 0.1) is 0 Å². The van der Waals surface area contributed by atoms with Crippen molar-refractivity contribution in [1.29, 1.82) is 0 Å². The summed E-state index contributed by atoms with van der Waals surface area (Å²) in [5, 5.41) is 2.02. The number of hydrogen-bond donors (Lipinski definition) is 0. The van der Waals surface area contributed by atoms with E-state index in [-0.39, 0.29) is 5.38 Å². The molecular formula is C15H14BrClN2S. The Morgan fingerprint density at radius 2 is 2.25 bits per heavy atom. The molecule has 0 saturated heterocycles. The van der Waals surface area contributed by atoms with Gasteiger partial charge in [-0.25, -0.2) is 4.98 Å². The summed E-state index contributed by atoms with van der Waals surface area (Å²) in [6, 6.07) is 10.5. The second-order valence-electron chi connectivity index (χ2n) is 4.70. The summed E-state index contributed by atoms with van der Waals surface area (Å²) in [6.07, 6.45) is 1.01. The molecular weight excluding hydrogens is 356 g/mol. The van der Waals surface area contributed by atoms with Gasteiger partial charge in [-0.15, -0.1) is 22.9 Å². The number of aromatic nitrogens is 2. The van der Waals surface area contributed by atoms with Gasteiger partial charge in [0, 0.05) is 15.9 Å². The summed E-state index contributed by atoms with van der Waals surface area (Å²) in [6.45, 7) is 2.88. The molecule has 1 aromatic carbocycles. The van der Waals surface area contributed by atoms with Crippen LogP contribution in [0.15, 0.2) is 40.2 Å². The van der Waals surface area contributed by atoms with E-state index in [1.54, 1.807) is 11.3 Å². The zero-order valence-corrected chi connectivity index (χ0v) is 14.2. The fourth-order valence-corrected chi connectivity index (χ4v) is 3.55. The summed E-state index contributed by atoms with van der Waals surface area (Å²) < 4.78 is 3.28. The molecule has 0 fully saturated rings. The number of fused-ring (bicyclic) bond motifs is 1. The second-order valence-corrected chi connectivity index (χ2v) is 7.30. The monoisotopic (exact) mass is 368 g/mol. The van der Waals surface area contributed by atoms with Gasteiger partial charge in [0.2, 0.25) is 0 Å². The maximum Gasteiger partial charge on any atom is 0.127 e. The van der Waals surface area contributed by atoms with Crippen LogP contribution in [0.4, 0.5) is 0 Å². The van der Waals surface area contributed by atoms with Gasteiger partial charge in [-0.2, -0.15) is 0 Å². The number of alkyl halides is 1. The number of aryl methyl sites for hydroxylation is 2. The fraction of sp³-hybridized carbons (Fsp3) is 0.267. The van der Waals surface area contributed by atoms with Crippen molar-refractivity contribution in [3.05, 3.63) is 50.9 Å². The molecule has 3 rings (SSSR count). The van der Waals surface area contributed by atoms with E-state index in [9.17, 15) is 0 Å². The topological polar surface area (TPSA) is 17.8 Å². The van der Waals surface area contributed by atoms with Crippen LogP contribution in [0.2, 0.25) is 0 Å². The van der Waals surface area contributed by atoms with Crippen molar-refractivity contribution in [3.8, 4) is 0 Å².